The van der Waals surface area contributed by atoms with E-state index in [9.17, 15) is 30.6 Å². The molecule has 0 saturated heterocycles. The molecule has 0 aliphatic heterocycles. The van der Waals surface area contributed by atoms with Crippen LogP contribution in [0, 0.1) is 0 Å². The summed E-state index contributed by atoms with van der Waals surface area (Å²) >= 11 is 0. The number of nitrogens with two attached hydrogens (primary N) is 3. The van der Waals surface area contributed by atoms with Crippen molar-refractivity contribution in [3.05, 3.63) is 0 Å². The Morgan fingerprint density at radius 3 is 1.02 bits per heavy atom. The highest BCUT2D eigenvalue weighted by Crippen LogP contribution is 2.23. The van der Waals surface area contributed by atoms with Gasteiger partial charge in [0.05, 0.1) is 76.1 Å². The molecule has 0 fully saturated rings. The zero-order valence-corrected chi connectivity index (χ0v) is 31.6. The molecule has 0 amide bonds. The third-order valence-corrected chi connectivity index (χ3v) is 11.8. The normalized spacial score (nSPS) is 13.2. The maximum Gasteiger partial charge on any atom is 0.501 e. The van der Waals surface area contributed by atoms with Crippen molar-refractivity contribution >= 4 is 8.80 Å². The molecule has 0 heterocycles. The molecule has 0 bridgehead atoms. The highest BCUT2D eigenvalue weighted by atomic mass is 28.4. The van der Waals surface area contributed by atoms with E-state index in [2.05, 4.69) is 11.8 Å². The molecule has 0 aromatic carbocycles. The van der Waals surface area contributed by atoms with Gasteiger partial charge in [0.15, 0.2) is 0 Å². The Bertz CT molecular complexity index is 678. The predicted molar refractivity (Wildman–Crippen MR) is 193 cm³/mol. The SMILES string of the molecule is CCCCCCCCCCCCCCCCCCN(C)CCC[Si](OCC(N)(CO)CO)(OCC(N)(CO)CO)OCC(N)(CO)CO. The zero-order valence-electron chi connectivity index (χ0n) is 30.6. The topological polar surface area (TPSA) is 230 Å². The minimum absolute atomic E-state index is 0.253. The van der Waals surface area contributed by atoms with Gasteiger partial charge in [-0.05, 0) is 33.0 Å². The standard InChI is InChI=1S/C34H76N4O9Si/c1-3-4-5-6-7-8-9-10-11-12-13-14-15-16-17-18-20-38(2)21-19-22-48(45-29-32(35,23-39)24-40,46-30-33(36,25-41)26-42)47-31-34(37,27-43)28-44/h39-44H,3-31,35-37H2,1-2H3. The van der Waals surface area contributed by atoms with Crippen molar-refractivity contribution in [2.45, 2.75) is 139 Å². The molecule has 0 aromatic heterocycles. The van der Waals surface area contributed by atoms with Gasteiger partial charge in [-0.15, -0.1) is 0 Å². The molecule has 0 saturated carbocycles. The van der Waals surface area contributed by atoms with Crippen molar-refractivity contribution in [1.82, 2.24) is 4.90 Å². The van der Waals surface area contributed by atoms with Gasteiger partial charge in [0.25, 0.3) is 0 Å². The van der Waals surface area contributed by atoms with Crippen LogP contribution in [-0.2, 0) is 13.3 Å². The van der Waals surface area contributed by atoms with Gasteiger partial charge in [0.2, 0.25) is 0 Å². The van der Waals surface area contributed by atoms with Crippen LogP contribution in [0.3, 0.4) is 0 Å². The summed E-state index contributed by atoms with van der Waals surface area (Å²) in [6.45, 7) is -0.520. The molecule has 0 aliphatic rings. The lowest BCUT2D eigenvalue weighted by Gasteiger charge is -2.38. The van der Waals surface area contributed by atoms with E-state index in [-0.39, 0.29) is 25.9 Å². The molecule has 0 rings (SSSR count). The number of unbranched alkanes of at least 4 members (excludes halogenated alkanes) is 15. The summed E-state index contributed by atoms with van der Waals surface area (Å²) in [5, 5.41) is 58.4. The lowest BCUT2D eigenvalue weighted by molar-refractivity contribution is -0.0216. The van der Waals surface area contributed by atoms with Crippen LogP contribution in [-0.4, -0.2) is 141 Å². The molecule has 48 heavy (non-hydrogen) atoms. The monoisotopic (exact) mass is 713 g/mol. The number of nitrogens with zero attached hydrogens (tertiary/aromatic N) is 1. The summed E-state index contributed by atoms with van der Waals surface area (Å²) in [5.74, 6) is 0. The summed E-state index contributed by atoms with van der Waals surface area (Å²) in [5.41, 5.74) is 13.7. The second-order valence-electron chi connectivity index (χ2n) is 14.3. The third kappa shape index (κ3) is 22.5. The van der Waals surface area contributed by atoms with Crippen molar-refractivity contribution in [2.24, 2.45) is 17.2 Å². The second-order valence-corrected chi connectivity index (χ2v) is 17.0. The Kier molecular flexibility index (Phi) is 28.1. The van der Waals surface area contributed by atoms with Crippen LogP contribution in [0.2, 0.25) is 6.04 Å². The summed E-state index contributed by atoms with van der Waals surface area (Å²) in [6.07, 6.45) is 21.8. The number of hydrogen-bond acceptors (Lipinski definition) is 13. The lowest BCUT2D eigenvalue weighted by atomic mass is 10.0. The molecule has 0 atom stereocenters. The molecular weight excluding hydrogens is 636 g/mol. The summed E-state index contributed by atoms with van der Waals surface area (Å²) < 4.78 is 18.3. The van der Waals surface area contributed by atoms with E-state index in [1.54, 1.807) is 0 Å². The van der Waals surface area contributed by atoms with Gasteiger partial charge in [-0.2, -0.15) is 0 Å². The Morgan fingerprint density at radius 1 is 0.458 bits per heavy atom. The van der Waals surface area contributed by atoms with Gasteiger partial charge >= 0.3 is 8.80 Å². The first-order valence-corrected chi connectivity index (χ1v) is 20.5. The van der Waals surface area contributed by atoms with Crippen LogP contribution in [0.4, 0.5) is 0 Å². The van der Waals surface area contributed by atoms with Crippen molar-refractivity contribution < 1.29 is 43.9 Å². The van der Waals surface area contributed by atoms with Crippen molar-refractivity contribution in [3.8, 4) is 0 Å². The number of aliphatic hydroxyl groups is 6. The van der Waals surface area contributed by atoms with Gasteiger partial charge in [-0.1, -0.05) is 103 Å². The summed E-state index contributed by atoms with van der Waals surface area (Å²) in [7, 11) is -1.75. The Morgan fingerprint density at radius 2 is 0.729 bits per heavy atom. The average Bonchev–Trinajstić information content (AvgIpc) is 3.11. The average molecular weight is 713 g/mol. The molecule has 0 spiro atoms. The van der Waals surface area contributed by atoms with Crippen LogP contribution < -0.4 is 17.2 Å². The fourth-order valence-electron chi connectivity index (χ4n) is 5.13. The van der Waals surface area contributed by atoms with E-state index in [0.717, 1.165) is 13.0 Å². The first kappa shape index (κ1) is 47.7. The van der Waals surface area contributed by atoms with Gasteiger partial charge in [0, 0.05) is 6.04 Å². The van der Waals surface area contributed by atoms with Gasteiger partial charge in [0.1, 0.15) is 0 Å². The molecule has 12 N–H and O–H groups in total. The Balaban J connectivity index is 4.80. The maximum absolute atomic E-state index is 9.73. The number of aliphatic hydroxyl groups excluding tert-OH is 6. The highest BCUT2D eigenvalue weighted by Gasteiger charge is 2.46. The van der Waals surface area contributed by atoms with E-state index >= 15 is 0 Å². The van der Waals surface area contributed by atoms with Crippen LogP contribution in [0.1, 0.15) is 116 Å². The molecule has 14 heteroatoms. The highest BCUT2D eigenvalue weighted by molar-refractivity contribution is 6.60. The van der Waals surface area contributed by atoms with Gasteiger partial charge in [-0.3, -0.25) is 0 Å². The van der Waals surface area contributed by atoms with E-state index in [1.165, 1.54) is 96.3 Å². The lowest BCUT2D eigenvalue weighted by Crippen LogP contribution is -2.61. The molecule has 290 valence electrons. The smallest absolute Gasteiger partial charge is 0.394 e. The van der Waals surface area contributed by atoms with Crippen LogP contribution >= 0.6 is 0 Å². The number of rotatable bonds is 36. The van der Waals surface area contributed by atoms with Gasteiger partial charge in [-0.25, -0.2) is 0 Å². The van der Waals surface area contributed by atoms with E-state index in [4.69, 9.17) is 30.5 Å². The Hall–Kier alpha value is -0.303. The van der Waals surface area contributed by atoms with Crippen LogP contribution in [0.25, 0.3) is 0 Å². The first-order valence-electron chi connectivity index (χ1n) is 18.6. The first-order chi connectivity index (χ1) is 22.9. The summed E-state index contributed by atoms with van der Waals surface area (Å²) in [6, 6.07) is 0.253. The van der Waals surface area contributed by atoms with Crippen molar-refractivity contribution in [2.75, 3.05) is 79.6 Å². The van der Waals surface area contributed by atoms with Crippen LogP contribution in [0.15, 0.2) is 0 Å². The minimum Gasteiger partial charge on any atom is -0.394 e. The molecule has 0 aromatic rings. The Labute approximate surface area is 292 Å². The minimum atomic E-state index is -3.80. The van der Waals surface area contributed by atoms with Crippen molar-refractivity contribution in [1.29, 1.82) is 0 Å². The third-order valence-electron chi connectivity index (χ3n) is 9.04. The molecule has 0 unspecified atom stereocenters. The quantitative estimate of drug-likeness (QED) is 0.0333. The largest absolute Gasteiger partial charge is 0.501 e. The fraction of sp³-hybridized carbons (Fsp3) is 1.00. The molecule has 0 aliphatic carbocycles. The number of hydrogen-bond donors (Lipinski definition) is 9. The van der Waals surface area contributed by atoms with E-state index in [0.29, 0.717) is 13.0 Å². The van der Waals surface area contributed by atoms with E-state index < -0.39 is 65.1 Å². The summed E-state index contributed by atoms with van der Waals surface area (Å²) in [4.78, 5) is 2.22. The fourth-order valence-corrected chi connectivity index (χ4v) is 7.93. The molecular formula is C34H76N4O9Si. The zero-order chi connectivity index (χ0) is 36.2. The van der Waals surface area contributed by atoms with Crippen LogP contribution in [0.5, 0.6) is 0 Å². The van der Waals surface area contributed by atoms with E-state index in [1.807, 2.05) is 7.05 Å². The second kappa shape index (κ2) is 28.3. The predicted octanol–water partition coefficient (Wildman–Crippen LogP) is 1.60. The van der Waals surface area contributed by atoms with Gasteiger partial charge < -0.3 is 66.0 Å². The maximum atomic E-state index is 9.73. The molecule has 13 nitrogen and oxygen atoms in total. The van der Waals surface area contributed by atoms with Crippen molar-refractivity contribution in [3.63, 3.8) is 0 Å². The molecule has 0 radical (unpaired) electrons.